The Morgan fingerprint density at radius 3 is 2.93 bits per heavy atom. The van der Waals surface area contributed by atoms with Crippen molar-refractivity contribution in [2.75, 3.05) is 18.6 Å². The first-order valence-electron chi connectivity index (χ1n) is 4.32. The highest BCUT2D eigenvalue weighted by Crippen LogP contribution is 2.26. The minimum Gasteiger partial charge on any atom is -0.468 e. The van der Waals surface area contributed by atoms with Crippen molar-refractivity contribution in [2.24, 2.45) is 0 Å². The third kappa shape index (κ3) is 3.64. The predicted molar refractivity (Wildman–Crippen MR) is 64.0 cm³/mol. The Labute approximate surface area is 97.9 Å². The molecule has 0 aliphatic rings. The fraction of sp³-hybridized carbons (Fsp3) is 0.300. The maximum atomic E-state index is 10.9. The highest BCUT2D eigenvalue weighted by atomic mass is 35.5. The van der Waals surface area contributed by atoms with Gasteiger partial charge in [0, 0.05) is 22.0 Å². The summed E-state index contributed by atoms with van der Waals surface area (Å²) in [5.74, 6) is 0.674. The molecule has 1 aromatic rings. The van der Waals surface area contributed by atoms with Gasteiger partial charge in [0.15, 0.2) is 0 Å². The van der Waals surface area contributed by atoms with Crippen molar-refractivity contribution in [3.63, 3.8) is 0 Å². The molecule has 0 amide bonds. The summed E-state index contributed by atoms with van der Waals surface area (Å²) in [6.07, 6.45) is 0. The number of thioether (sulfide) groups is 1. The Kier molecular flexibility index (Phi) is 4.78. The Balaban J connectivity index is 2.54. The van der Waals surface area contributed by atoms with Crippen molar-refractivity contribution < 1.29 is 9.53 Å². The summed E-state index contributed by atoms with van der Waals surface area (Å²) >= 11 is 7.40. The van der Waals surface area contributed by atoms with E-state index in [1.54, 1.807) is 18.2 Å². The fourth-order valence-electron chi connectivity index (χ4n) is 1.02. The van der Waals surface area contributed by atoms with Gasteiger partial charge in [-0.05, 0) is 12.1 Å². The third-order valence-corrected chi connectivity index (χ3v) is 3.14. The number of carbonyl (C=O) groups excluding carboxylic acids is 1. The zero-order chi connectivity index (χ0) is 11.3. The Morgan fingerprint density at radius 1 is 1.60 bits per heavy atom. The van der Waals surface area contributed by atoms with Crippen molar-refractivity contribution in [2.45, 2.75) is 5.75 Å². The number of esters is 1. The SMILES string of the molecule is COC(=O)CSCc1c(N)cccc1Cl. The number of anilines is 1. The molecule has 82 valence electrons. The first kappa shape index (κ1) is 12.2. The van der Waals surface area contributed by atoms with E-state index in [0.717, 1.165) is 5.56 Å². The van der Waals surface area contributed by atoms with E-state index in [9.17, 15) is 4.79 Å². The number of ether oxygens (including phenoxy) is 1. The van der Waals surface area contributed by atoms with Crippen molar-refractivity contribution in [1.82, 2.24) is 0 Å². The summed E-state index contributed by atoms with van der Waals surface area (Å²) in [5.41, 5.74) is 7.28. The molecule has 0 aliphatic carbocycles. The molecule has 1 rings (SSSR count). The van der Waals surface area contributed by atoms with Crippen LogP contribution in [0.25, 0.3) is 0 Å². The van der Waals surface area contributed by atoms with Crippen LogP contribution in [0.5, 0.6) is 0 Å². The van der Waals surface area contributed by atoms with Crippen LogP contribution in [0.2, 0.25) is 5.02 Å². The first-order valence-corrected chi connectivity index (χ1v) is 5.86. The van der Waals surface area contributed by atoms with Gasteiger partial charge in [-0.1, -0.05) is 17.7 Å². The van der Waals surface area contributed by atoms with Crippen LogP contribution in [-0.2, 0) is 15.3 Å². The average molecular weight is 246 g/mol. The van der Waals surface area contributed by atoms with Gasteiger partial charge >= 0.3 is 5.97 Å². The molecule has 0 aliphatic heterocycles. The van der Waals surface area contributed by atoms with Gasteiger partial charge in [-0.15, -0.1) is 11.8 Å². The molecule has 0 saturated heterocycles. The smallest absolute Gasteiger partial charge is 0.315 e. The van der Waals surface area contributed by atoms with Crippen molar-refractivity contribution in [1.29, 1.82) is 0 Å². The third-order valence-electron chi connectivity index (χ3n) is 1.85. The molecule has 0 saturated carbocycles. The predicted octanol–water partition coefficient (Wildman–Crippen LogP) is 2.33. The molecular weight excluding hydrogens is 234 g/mol. The summed E-state index contributed by atoms with van der Waals surface area (Å²) in [7, 11) is 1.37. The van der Waals surface area contributed by atoms with Crippen molar-refractivity contribution >= 4 is 35.0 Å². The van der Waals surface area contributed by atoms with E-state index >= 15 is 0 Å². The van der Waals surface area contributed by atoms with Gasteiger partial charge in [0.05, 0.1) is 12.9 Å². The van der Waals surface area contributed by atoms with Gasteiger partial charge in [0.2, 0.25) is 0 Å². The van der Waals surface area contributed by atoms with E-state index < -0.39 is 0 Å². The van der Waals surface area contributed by atoms with E-state index in [2.05, 4.69) is 4.74 Å². The number of methoxy groups -OCH3 is 1. The van der Waals surface area contributed by atoms with Gasteiger partial charge in [-0.3, -0.25) is 4.79 Å². The summed E-state index contributed by atoms with van der Waals surface area (Å²) in [6, 6.07) is 5.37. The lowest BCUT2D eigenvalue weighted by Crippen LogP contribution is -2.04. The second-order valence-corrected chi connectivity index (χ2v) is 4.27. The largest absolute Gasteiger partial charge is 0.468 e. The highest BCUT2D eigenvalue weighted by molar-refractivity contribution is 7.99. The molecule has 1 aromatic carbocycles. The first-order chi connectivity index (χ1) is 7.15. The molecule has 2 N–H and O–H groups in total. The van der Waals surface area contributed by atoms with E-state index in [1.807, 2.05) is 0 Å². The molecule has 5 heteroatoms. The number of nitrogens with two attached hydrogens (primary N) is 1. The Morgan fingerprint density at radius 2 is 2.33 bits per heavy atom. The molecule has 0 fully saturated rings. The molecule has 3 nitrogen and oxygen atoms in total. The maximum Gasteiger partial charge on any atom is 0.315 e. The van der Waals surface area contributed by atoms with Crippen LogP contribution in [0.1, 0.15) is 5.56 Å². The van der Waals surface area contributed by atoms with E-state index in [-0.39, 0.29) is 5.97 Å². The van der Waals surface area contributed by atoms with Gasteiger partial charge in [0.25, 0.3) is 0 Å². The summed E-state index contributed by atoms with van der Waals surface area (Å²) in [4.78, 5) is 10.9. The lowest BCUT2D eigenvalue weighted by molar-refractivity contribution is -0.137. The van der Waals surface area contributed by atoms with Gasteiger partial charge in [0.1, 0.15) is 0 Å². The number of nitrogen functional groups attached to an aromatic ring is 1. The van der Waals surface area contributed by atoms with Crippen LogP contribution in [0, 0.1) is 0 Å². The quantitative estimate of drug-likeness (QED) is 0.654. The molecule has 0 atom stereocenters. The summed E-state index contributed by atoms with van der Waals surface area (Å²) in [6.45, 7) is 0. The van der Waals surface area contributed by atoms with Gasteiger partial charge in [-0.2, -0.15) is 0 Å². The van der Waals surface area contributed by atoms with Crippen molar-refractivity contribution in [3.05, 3.63) is 28.8 Å². The lowest BCUT2D eigenvalue weighted by atomic mass is 10.2. The lowest BCUT2D eigenvalue weighted by Gasteiger charge is -2.06. The van der Waals surface area contributed by atoms with Crippen LogP contribution >= 0.6 is 23.4 Å². The van der Waals surface area contributed by atoms with E-state index in [0.29, 0.717) is 22.2 Å². The minimum atomic E-state index is -0.245. The van der Waals surface area contributed by atoms with E-state index in [4.69, 9.17) is 17.3 Å². The molecule has 0 heterocycles. The van der Waals surface area contributed by atoms with Crippen LogP contribution in [-0.4, -0.2) is 18.8 Å². The highest BCUT2D eigenvalue weighted by Gasteiger charge is 2.06. The normalized spacial score (nSPS) is 10.0. The Bertz CT molecular complexity index is 337. The zero-order valence-electron chi connectivity index (χ0n) is 8.33. The number of carbonyl (C=O) groups is 1. The Hall–Kier alpha value is -0.870. The summed E-state index contributed by atoms with van der Waals surface area (Å²) < 4.78 is 4.52. The molecule has 0 radical (unpaired) electrons. The fourth-order valence-corrected chi connectivity index (χ4v) is 2.26. The van der Waals surface area contributed by atoms with Crippen LogP contribution in [0.3, 0.4) is 0 Å². The standard InChI is InChI=1S/C10H12ClNO2S/c1-14-10(13)6-15-5-7-8(11)3-2-4-9(7)12/h2-4H,5-6,12H2,1H3. The maximum absolute atomic E-state index is 10.9. The second-order valence-electron chi connectivity index (χ2n) is 2.88. The number of hydrogen-bond acceptors (Lipinski definition) is 4. The van der Waals surface area contributed by atoms with Crippen LogP contribution in [0.4, 0.5) is 5.69 Å². The molecule has 15 heavy (non-hydrogen) atoms. The summed E-state index contributed by atoms with van der Waals surface area (Å²) in [5, 5.41) is 0.632. The molecule has 0 aromatic heterocycles. The number of halogens is 1. The van der Waals surface area contributed by atoms with Gasteiger partial charge < -0.3 is 10.5 Å². The number of hydrogen-bond donors (Lipinski definition) is 1. The molecule has 0 spiro atoms. The average Bonchev–Trinajstić information content (AvgIpc) is 2.22. The monoisotopic (exact) mass is 245 g/mol. The molecular formula is C10H12ClNO2S. The van der Waals surface area contributed by atoms with E-state index in [1.165, 1.54) is 18.9 Å². The topological polar surface area (TPSA) is 52.3 Å². The minimum absolute atomic E-state index is 0.245. The zero-order valence-corrected chi connectivity index (χ0v) is 9.90. The van der Waals surface area contributed by atoms with Gasteiger partial charge in [-0.25, -0.2) is 0 Å². The second kappa shape index (κ2) is 5.88. The molecule has 0 bridgehead atoms. The number of rotatable bonds is 4. The van der Waals surface area contributed by atoms with Crippen LogP contribution in [0.15, 0.2) is 18.2 Å². The van der Waals surface area contributed by atoms with Crippen molar-refractivity contribution in [3.8, 4) is 0 Å². The van der Waals surface area contributed by atoms with Crippen LogP contribution < -0.4 is 5.73 Å². The number of benzene rings is 1. The molecule has 0 unspecified atom stereocenters.